The first-order valence-corrected chi connectivity index (χ1v) is 6.51. The normalized spacial score (nSPS) is 16.9. The van der Waals surface area contributed by atoms with Crippen molar-refractivity contribution in [3.05, 3.63) is 17.0 Å². The fourth-order valence-electron chi connectivity index (χ4n) is 1.71. The van der Waals surface area contributed by atoms with Crippen molar-refractivity contribution in [1.29, 1.82) is 0 Å². The molecule has 17 heavy (non-hydrogen) atoms. The molecule has 0 aliphatic carbocycles. The first-order valence-electron chi connectivity index (χ1n) is 5.69. The summed E-state index contributed by atoms with van der Waals surface area (Å²) in [5.74, 6) is -0.0417. The Bertz CT molecular complexity index is 375. The number of nitrogens with one attached hydrogen (secondary N) is 1. The number of morpholine rings is 1. The Hall–Kier alpha value is -1.11. The maximum absolute atomic E-state index is 11.7. The second kappa shape index (κ2) is 6.00. The number of hydrogen-bond acceptors (Lipinski definition) is 5. The number of thiophene rings is 1. The zero-order valence-corrected chi connectivity index (χ0v) is 10.5. The summed E-state index contributed by atoms with van der Waals surface area (Å²) >= 11 is 1.31. The lowest BCUT2D eigenvalue weighted by molar-refractivity contribution is 0.0383. The molecule has 1 aromatic rings. The lowest BCUT2D eigenvalue weighted by Crippen LogP contribution is -2.41. The van der Waals surface area contributed by atoms with Crippen molar-refractivity contribution in [2.45, 2.75) is 0 Å². The van der Waals surface area contributed by atoms with Gasteiger partial charge in [-0.3, -0.25) is 9.69 Å². The zero-order valence-electron chi connectivity index (χ0n) is 9.65. The van der Waals surface area contributed by atoms with Crippen LogP contribution in [0.3, 0.4) is 0 Å². The van der Waals surface area contributed by atoms with Crippen LogP contribution in [-0.4, -0.2) is 50.2 Å². The minimum absolute atomic E-state index is 0.0417. The molecule has 2 heterocycles. The van der Waals surface area contributed by atoms with Gasteiger partial charge in [0.05, 0.1) is 23.1 Å². The number of nitrogens with zero attached hydrogens (tertiary/aromatic N) is 1. The van der Waals surface area contributed by atoms with E-state index in [1.807, 2.05) is 0 Å². The van der Waals surface area contributed by atoms with Crippen LogP contribution in [0.5, 0.6) is 0 Å². The van der Waals surface area contributed by atoms with Crippen LogP contribution in [0.2, 0.25) is 0 Å². The average Bonchev–Trinajstić information content (AvgIpc) is 2.77. The Morgan fingerprint density at radius 2 is 2.24 bits per heavy atom. The molecule has 1 amide bonds. The van der Waals surface area contributed by atoms with E-state index in [1.54, 1.807) is 12.1 Å². The average molecular weight is 255 g/mol. The summed E-state index contributed by atoms with van der Waals surface area (Å²) in [5.41, 5.74) is 5.58. The van der Waals surface area contributed by atoms with Crippen molar-refractivity contribution in [2.24, 2.45) is 0 Å². The summed E-state index contributed by atoms with van der Waals surface area (Å²) in [6, 6.07) is 3.51. The highest BCUT2D eigenvalue weighted by molar-refractivity contribution is 7.17. The smallest absolute Gasteiger partial charge is 0.261 e. The van der Waals surface area contributed by atoms with Crippen molar-refractivity contribution < 1.29 is 9.53 Å². The van der Waals surface area contributed by atoms with E-state index in [2.05, 4.69) is 10.2 Å². The van der Waals surface area contributed by atoms with E-state index in [0.29, 0.717) is 16.4 Å². The molecule has 1 aliphatic heterocycles. The Labute approximate surface area is 105 Å². The molecule has 94 valence electrons. The molecule has 0 atom stereocenters. The zero-order chi connectivity index (χ0) is 12.1. The number of amides is 1. The largest absolute Gasteiger partial charge is 0.391 e. The molecule has 0 spiro atoms. The van der Waals surface area contributed by atoms with Gasteiger partial charge in [0.2, 0.25) is 0 Å². The molecule has 1 aromatic heterocycles. The van der Waals surface area contributed by atoms with E-state index >= 15 is 0 Å². The van der Waals surface area contributed by atoms with Gasteiger partial charge in [0.15, 0.2) is 0 Å². The maximum Gasteiger partial charge on any atom is 0.261 e. The van der Waals surface area contributed by atoms with Gasteiger partial charge in [-0.05, 0) is 12.1 Å². The minimum Gasteiger partial charge on any atom is -0.391 e. The van der Waals surface area contributed by atoms with E-state index < -0.39 is 0 Å². The molecule has 6 heteroatoms. The topological polar surface area (TPSA) is 67.6 Å². The predicted molar refractivity (Wildman–Crippen MR) is 68.3 cm³/mol. The number of nitrogen functional groups attached to an aromatic ring is 1. The lowest BCUT2D eigenvalue weighted by Gasteiger charge is -2.26. The van der Waals surface area contributed by atoms with E-state index in [9.17, 15) is 4.79 Å². The van der Waals surface area contributed by atoms with Crippen LogP contribution >= 0.6 is 11.3 Å². The van der Waals surface area contributed by atoms with Crippen LogP contribution in [0, 0.1) is 0 Å². The highest BCUT2D eigenvalue weighted by Gasteiger charge is 2.11. The summed E-state index contributed by atoms with van der Waals surface area (Å²) < 4.78 is 5.26. The van der Waals surface area contributed by atoms with E-state index in [-0.39, 0.29) is 5.91 Å². The SMILES string of the molecule is Nc1ccc(C(=O)NCCN2CCOCC2)s1. The maximum atomic E-state index is 11.7. The molecule has 0 bridgehead atoms. The van der Waals surface area contributed by atoms with Crippen molar-refractivity contribution in [1.82, 2.24) is 10.2 Å². The lowest BCUT2D eigenvalue weighted by atomic mass is 10.4. The number of carbonyl (C=O) groups excluding carboxylic acids is 1. The second-order valence-electron chi connectivity index (χ2n) is 3.91. The highest BCUT2D eigenvalue weighted by Crippen LogP contribution is 2.17. The summed E-state index contributed by atoms with van der Waals surface area (Å²) in [6.07, 6.45) is 0. The quantitative estimate of drug-likeness (QED) is 0.817. The van der Waals surface area contributed by atoms with Crippen LogP contribution in [0.15, 0.2) is 12.1 Å². The fourth-order valence-corrected chi connectivity index (χ4v) is 2.41. The van der Waals surface area contributed by atoms with Crippen LogP contribution in [0.25, 0.3) is 0 Å². The first-order chi connectivity index (χ1) is 8.25. The van der Waals surface area contributed by atoms with Crippen molar-refractivity contribution in [2.75, 3.05) is 45.1 Å². The van der Waals surface area contributed by atoms with Crippen LogP contribution in [-0.2, 0) is 4.74 Å². The van der Waals surface area contributed by atoms with Crippen LogP contribution in [0.1, 0.15) is 9.67 Å². The third-order valence-electron chi connectivity index (χ3n) is 2.67. The molecule has 0 radical (unpaired) electrons. The predicted octanol–water partition coefficient (Wildman–Crippen LogP) is 0.392. The molecule has 0 saturated carbocycles. The molecule has 0 unspecified atom stereocenters. The van der Waals surface area contributed by atoms with Gasteiger partial charge in [0.25, 0.3) is 5.91 Å². The first kappa shape index (κ1) is 12.3. The van der Waals surface area contributed by atoms with Gasteiger partial charge in [-0.1, -0.05) is 0 Å². The van der Waals surface area contributed by atoms with Crippen molar-refractivity contribution in [3.63, 3.8) is 0 Å². The number of carbonyl (C=O) groups is 1. The molecule has 3 N–H and O–H groups in total. The fraction of sp³-hybridized carbons (Fsp3) is 0.545. The Kier molecular flexibility index (Phi) is 4.36. The van der Waals surface area contributed by atoms with Gasteiger partial charge < -0.3 is 15.8 Å². The van der Waals surface area contributed by atoms with Gasteiger partial charge >= 0.3 is 0 Å². The van der Waals surface area contributed by atoms with Crippen LogP contribution < -0.4 is 11.1 Å². The van der Waals surface area contributed by atoms with Gasteiger partial charge in [-0.25, -0.2) is 0 Å². The third kappa shape index (κ3) is 3.69. The molecule has 1 aliphatic rings. The minimum atomic E-state index is -0.0417. The highest BCUT2D eigenvalue weighted by atomic mass is 32.1. The Morgan fingerprint density at radius 1 is 1.47 bits per heavy atom. The van der Waals surface area contributed by atoms with Crippen LogP contribution in [0.4, 0.5) is 5.00 Å². The Balaban J connectivity index is 1.69. The second-order valence-corrected chi connectivity index (χ2v) is 5.03. The molecular formula is C11H17N3O2S. The van der Waals surface area contributed by atoms with E-state index in [1.165, 1.54) is 11.3 Å². The molecule has 1 fully saturated rings. The van der Waals surface area contributed by atoms with Gasteiger partial charge in [-0.15, -0.1) is 11.3 Å². The van der Waals surface area contributed by atoms with Crippen molar-refractivity contribution in [3.8, 4) is 0 Å². The van der Waals surface area contributed by atoms with Gasteiger partial charge in [0, 0.05) is 26.2 Å². The van der Waals surface area contributed by atoms with Gasteiger partial charge in [-0.2, -0.15) is 0 Å². The van der Waals surface area contributed by atoms with E-state index in [0.717, 1.165) is 32.8 Å². The van der Waals surface area contributed by atoms with Gasteiger partial charge in [0.1, 0.15) is 0 Å². The summed E-state index contributed by atoms with van der Waals surface area (Å²) in [4.78, 5) is 14.7. The Morgan fingerprint density at radius 3 is 2.88 bits per heavy atom. The number of rotatable bonds is 4. The standard InChI is InChI=1S/C11H17N3O2S/c12-10-2-1-9(17-10)11(15)13-3-4-14-5-7-16-8-6-14/h1-2H,3-8,12H2,(H,13,15). The molecular weight excluding hydrogens is 238 g/mol. The molecule has 0 aromatic carbocycles. The van der Waals surface area contributed by atoms with Crippen molar-refractivity contribution >= 4 is 22.2 Å². The van der Waals surface area contributed by atoms with E-state index in [4.69, 9.17) is 10.5 Å². The third-order valence-corrected chi connectivity index (χ3v) is 3.58. The summed E-state index contributed by atoms with van der Waals surface area (Å²) in [6.45, 7) is 5.00. The summed E-state index contributed by atoms with van der Waals surface area (Å²) in [5, 5.41) is 3.56. The number of hydrogen-bond donors (Lipinski definition) is 2. The molecule has 2 rings (SSSR count). The molecule has 5 nitrogen and oxygen atoms in total. The monoisotopic (exact) mass is 255 g/mol. The molecule has 1 saturated heterocycles. The summed E-state index contributed by atoms with van der Waals surface area (Å²) in [7, 11) is 0. The number of nitrogens with two attached hydrogens (primary N) is 1. The number of anilines is 1. The number of ether oxygens (including phenoxy) is 1.